The first-order valence-electron chi connectivity index (χ1n) is 8.12. The van der Waals surface area contributed by atoms with Gasteiger partial charge in [0.1, 0.15) is 18.4 Å². The zero-order valence-electron chi connectivity index (χ0n) is 14.7. The second-order valence-electron chi connectivity index (χ2n) is 6.12. The number of carboxylic acid groups (broad SMARTS) is 1. The van der Waals surface area contributed by atoms with E-state index in [1.54, 1.807) is 0 Å². The van der Waals surface area contributed by atoms with Gasteiger partial charge in [0, 0.05) is 7.05 Å². The molecule has 2 aromatic rings. The molecule has 1 unspecified atom stereocenters. The smallest absolute Gasteiger partial charge is 0.326 e. The number of rotatable bonds is 7. The van der Waals surface area contributed by atoms with Crippen LogP contribution in [-0.2, 0) is 22.6 Å². The highest BCUT2D eigenvalue weighted by molar-refractivity contribution is 5.84. The van der Waals surface area contributed by atoms with E-state index in [4.69, 9.17) is 9.84 Å². The third-order valence-corrected chi connectivity index (χ3v) is 4.07. The first-order chi connectivity index (χ1) is 11.9. The van der Waals surface area contributed by atoms with Crippen molar-refractivity contribution < 1.29 is 19.4 Å². The Morgan fingerprint density at radius 2 is 1.80 bits per heavy atom. The van der Waals surface area contributed by atoms with Crippen LogP contribution in [0.1, 0.15) is 23.6 Å². The van der Waals surface area contributed by atoms with Crippen LogP contribution < -0.4 is 4.74 Å². The second kappa shape index (κ2) is 8.33. The van der Waals surface area contributed by atoms with Crippen LogP contribution in [0.3, 0.4) is 0 Å². The molecule has 2 rings (SSSR count). The molecule has 0 heterocycles. The van der Waals surface area contributed by atoms with Crippen LogP contribution >= 0.6 is 0 Å². The van der Waals surface area contributed by atoms with Gasteiger partial charge in [-0.2, -0.15) is 0 Å². The second-order valence-corrected chi connectivity index (χ2v) is 6.12. The van der Waals surface area contributed by atoms with Crippen molar-refractivity contribution >= 4 is 11.9 Å². The first-order valence-corrected chi connectivity index (χ1v) is 8.12. The fourth-order valence-corrected chi connectivity index (χ4v) is 2.39. The Bertz CT molecular complexity index is 757. The van der Waals surface area contributed by atoms with Gasteiger partial charge in [0.2, 0.25) is 5.91 Å². The average Bonchev–Trinajstić information content (AvgIpc) is 2.59. The molecular formula is C20H23NO4. The van der Waals surface area contributed by atoms with Crippen LogP contribution in [0.25, 0.3) is 0 Å². The molecule has 0 aliphatic heterocycles. The van der Waals surface area contributed by atoms with E-state index in [2.05, 4.69) is 6.07 Å². The number of nitrogens with zero attached hydrogens (tertiary/aromatic N) is 1. The number of aliphatic carboxylic acids is 1. The third kappa shape index (κ3) is 5.35. The maximum absolute atomic E-state index is 12.2. The number of hydrogen-bond acceptors (Lipinski definition) is 3. The standard InChI is InChI=1S/C20H23NO4/c1-14-6-4-8-17(10-14)13-25-18-9-5-7-16(11-18)12-19(22)21(3)15(2)20(23)24/h4-11,15H,12-13H2,1-3H3,(H,23,24). The fraction of sp³-hybridized carbons (Fsp3) is 0.300. The van der Waals surface area contributed by atoms with E-state index in [-0.39, 0.29) is 12.3 Å². The lowest BCUT2D eigenvalue weighted by molar-refractivity contribution is -0.148. The Kier molecular flexibility index (Phi) is 6.17. The molecule has 132 valence electrons. The molecule has 5 nitrogen and oxygen atoms in total. The van der Waals surface area contributed by atoms with Crippen LogP contribution in [0.4, 0.5) is 0 Å². The van der Waals surface area contributed by atoms with E-state index in [1.165, 1.54) is 24.4 Å². The van der Waals surface area contributed by atoms with Crippen LogP contribution in [-0.4, -0.2) is 35.0 Å². The molecule has 0 aliphatic rings. The largest absolute Gasteiger partial charge is 0.489 e. The van der Waals surface area contributed by atoms with Gasteiger partial charge in [-0.15, -0.1) is 0 Å². The van der Waals surface area contributed by atoms with Crippen molar-refractivity contribution in [3.63, 3.8) is 0 Å². The molecular weight excluding hydrogens is 318 g/mol. The molecule has 2 aromatic carbocycles. The van der Waals surface area contributed by atoms with E-state index in [0.717, 1.165) is 11.1 Å². The quantitative estimate of drug-likeness (QED) is 0.840. The summed E-state index contributed by atoms with van der Waals surface area (Å²) in [5.74, 6) is -0.586. The lowest BCUT2D eigenvalue weighted by atomic mass is 10.1. The van der Waals surface area contributed by atoms with E-state index >= 15 is 0 Å². The Labute approximate surface area is 147 Å². The normalized spacial score (nSPS) is 11.6. The van der Waals surface area contributed by atoms with Gasteiger partial charge in [-0.05, 0) is 37.1 Å². The summed E-state index contributed by atoms with van der Waals surface area (Å²) in [6.45, 7) is 3.97. The average molecular weight is 341 g/mol. The van der Waals surface area contributed by atoms with Crippen molar-refractivity contribution in [2.45, 2.75) is 32.9 Å². The minimum Gasteiger partial charge on any atom is -0.489 e. The molecule has 5 heteroatoms. The Hall–Kier alpha value is -2.82. The molecule has 0 aliphatic carbocycles. The van der Waals surface area contributed by atoms with Gasteiger partial charge >= 0.3 is 5.97 Å². The van der Waals surface area contributed by atoms with E-state index < -0.39 is 12.0 Å². The van der Waals surface area contributed by atoms with Crippen LogP contribution in [0.15, 0.2) is 48.5 Å². The van der Waals surface area contributed by atoms with E-state index in [9.17, 15) is 9.59 Å². The van der Waals surface area contributed by atoms with Crippen molar-refractivity contribution in [3.8, 4) is 5.75 Å². The number of amides is 1. The number of carboxylic acids is 1. The summed E-state index contributed by atoms with van der Waals surface area (Å²) >= 11 is 0. The van der Waals surface area contributed by atoms with Gasteiger partial charge in [0.25, 0.3) is 0 Å². The summed E-state index contributed by atoms with van der Waals surface area (Å²) < 4.78 is 5.80. The van der Waals surface area contributed by atoms with Crippen LogP contribution in [0, 0.1) is 6.92 Å². The molecule has 0 aromatic heterocycles. The lowest BCUT2D eigenvalue weighted by Gasteiger charge is -2.21. The van der Waals surface area contributed by atoms with Gasteiger partial charge in [-0.1, -0.05) is 42.0 Å². The number of carbonyl (C=O) groups is 2. The monoisotopic (exact) mass is 341 g/mol. The summed E-state index contributed by atoms with van der Waals surface area (Å²) in [6.07, 6.45) is 0.135. The summed E-state index contributed by atoms with van der Waals surface area (Å²) in [6, 6.07) is 14.5. The Balaban J connectivity index is 1.98. The lowest BCUT2D eigenvalue weighted by Crippen LogP contribution is -2.41. The molecule has 0 radical (unpaired) electrons. The highest BCUT2D eigenvalue weighted by atomic mass is 16.5. The van der Waals surface area contributed by atoms with Crippen molar-refractivity contribution in [1.29, 1.82) is 0 Å². The zero-order valence-corrected chi connectivity index (χ0v) is 14.7. The number of carbonyl (C=O) groups excluding carboxylic acids is 1. The summed E-state index contributed by atoms with van der Waals surface area (Å²) in [7, 11) is 1.50. The van der Waals surface area contributed by atoms with Crippen LogP contribution in [0.5, 0.6) is 5.75 Å². The van der Waals surface area contributed by atoms with Gasteiger partial charge in [0.15, 0.2) is 0 Å². The maximum Gasteiger partial charge on any atom is 0.326 e. The minimum atomic E-state index is -1.02. The van der Waals surface area contributed by atoms with Crippen LogP contribution in [0.2, 0.25) is 0 Å². The first kappa shape index (κ1) is 18.5. The Morgan fingerprint density at radius 1 is 1.12 bits per heavy atom. The number of benzene rings is 2. The van der Waals surface area contributed by atoms with Gasteiger partial charge < -0.3 is 14.7 Å². The summed E-state index contributed by atoms with van der Waals surface area (Å²) in [5, 5.41) is 9.00. The van der Waals surface area contributed by atoms with Crippen molar-refractivity contribution in [1.82, 2.24) is 4.90 Å². The van der Waals surface area contributed by atoms with Gasteiger partial charge in [-0.3, -0.25) is 4.79 Å². The zero-order chi connectivity index (χ0) is 18.4. The van der Waals surface area contributed by atoms with E-state index in [1.807, 2.05) is 49.4 Å². The summed E-state index contributed by atoms with van der Waals surface area (Å²) in [4.78, 5) is 24.4. The fourth-order valence-electron chi connectivity index (χ4n) is 2.39. The highest BCUT2D eigenvalue weighted by Crippen LogP contribution is 2.17. The number of hydrogen-bond donors (Lipinski definition) is 1. The molecule has 0 saturated heterocycles. The van der Waals surface area contributed by atoms with Gasteiger partial charge in [-0.25, -0.2) is 4.79 Å². The predicted molar refractivity (Wildman–Crippen MR) is 95.5 cm³/mol. The van der Waals surface area contributed by atoms with Crippen molar-refractivity contribution in [3.05, 3.63) is 65.2 Å². The number of aryl methyl sites for hydroxylation is 1. The highest BCUT2D eigenvalue weighted by Gasteiger charge is 2.21. The minimum absolute atomic E-state index is 0.135. The third-order valence-electron chi connectivity index (χ3n) is 4.07. The van der Waals surface area contributed by atoms with Gasteiger partial charge in [0.05, 0.1) is 6.42 Å². The predicted octanol–water partition coefficient (Wildman–Crippen LogP) is 3.05. The van der Waals surface area contributed by atoms with Crippen molar-refractivity contribution in [2.24, 2.45) is 0 Å². The summed E-state index contributed by atoms with van der Waals surface area (Å²) in [5.41, 5.74) is 3.05. The molecule has 0 bridgehead atoms. The van der Waals surface area contributed by atoms with E-state index in [0.29, 0.717) is 12.4 Å². The molecule has 0 fully saturated rings. The molecule has 0 spiro atoms. The molecule has 0 saturated carbocycles. The Morgan fingerprint density at radius 3 is 2.48 bits per heavy atom. The SMILES string of the molecule is Cc1cccc(COc2cccc(CC(=O)N(C)C(C)C(=O)O)c2)c1. The van der Waals surface area contributed by atoms with Crippen molar-refractivity contribution in [2.75, 3.05) is 7.05 Å². The number of likely N-dealkylation sites (N-methyl/N-ethyl adjacent to an activating group) is 1. The topological polar surface area (TPSA) is 66.8 Å². The molecule has 25 heavy (non-hydrogen) atoms. The number of ether oxygens (including phenoxy) is 1. The maximum atomic E-state index is 12.2. The molecule has 1 N–H and O–H groups in total. The molecule has 1 amide bonds. The molecule has 1 atom stereocenters.